The molecule has 0 aromatic carbocycles. The summed E-state index contributed by atoms with van der Waals surface area (Å²) < 4.78 is 27.7. The molecule has 2 aromatic heterocycles. The molecule has 26 heavy (non-hydrogen) atoms. The van der Waals surface area contributed by atoms with Crippen LogP contribution in [0, 0.1) is 6.92 Å². The van der Waals surface area contributed by atoms with E-state index in [1.807, 2.05) is 19.1 Å². The van der Waals surface area contributed by atoms with Gasteiger partial charge in [0.25, 0.3) is 10.2 Å². The van der Waals surface area contributed by atoms with E-state index in [0.717, 1.165) is 29.9 Å². The highest BCUT2D eigenvalue weighted by molar-refractivity contribution is 7.86. The highest BCUT2D eigenvalue weighted by Gasteiger charge is 2.31. The summed E-state index contributed by atoms with van der Waals surface area (Å²) in [7, 11) is -0.284. The topological polar surface area (TPSA) is 91.3 Å². The Hall–Kier alpha value is -2.10. The monoisotopic (exact) mass is 376 g/mol. The SMILES string of the molecule is Cc1cc(Nc2ncccn2)cc([C@@H]2CCCN(S(=O)(=O)N(C)C)C2)n1. The predicted octanol–water partition coefficient (Wildman–Crippen LogP) is 1.91. The molecule has 1 aliphatic heterocycles. The van der Waals surface area contributed by atoms with E-state index in [-0.39, 0.29) is 5.92 Å². The maximum absolute atomic E-state index is 12.4. The summed E-state index contributed by atoms with van der Waals surface area (Å²) in [5, 5.41) is 3.18. The van der Waals surface area contributed by atoms with Gasteiger partial charge in [0.15, 0.2) is 0 Å². The first-order chi connectivity index (χ1) is 12.4. The number of nitrogens with zero attached hydrogens (tertiary/aromatic N) is 5. The Bertz CT molecular complexity index is 857. The van der Waals surface area contributed by atoms with E-state index >= 15 is 0 Å². The molecule has 0 radical (unpaired) electrons. The third kappa shape index (κ3) is 4.17. The molecule has 140 valence electrons. The number of anilines is 2. The first-order valence-corrected chi connectivity index (χ1v) is 9.96. The molecule has 1 saturated heterocycles. The minimum absolute atomic E-state index is 0.0654. The highest BCUT2D eigenvalue weighted by Crippen LogP contribution is 2.29. The van der Waals surface area contributed by atoms with Crippen LogP contribution >= 0.6 is 0 Å². The van der Waals surface area contributed by atoms with Gasteiger partial charge in [0.05, 0.1) is 0 Å². The second-order valence-corrected chi connectivity index (χ2v) is 8.75. The molecule has 3 heterocycles. The average Bonchev–Trinajstić information content (AvgIpc) is 2.62. The molecule has 0 spiro atoms. The normalized spacial score (nSPS) is 18.8. The van der Waals surface area contributed by atoms with Crippen molar-refractivity contribution in [3.05, 3.63) is 42.0 Å². The van der Waals surface area contributed by atoms with Crippen molar-refractivity contribution in [2.45, 2.75) is 25.7 Å². The number of piperidine rings is 1. The minimum Gasteiger partial charge on any atom is -0.324 e. The lowest BCUT2D eigenvalue weighted by molar-refractivity contribution is 0.296. The molecule has 1 aliphatic rings. The lowest BCUT2D eigenvalue weighted by atomic mass is 9.95. The standard InChI is InChI=1S/C17H24N6O2S/c1-13-10-15(21-17-18-7-5-8-19-17)11-16(20-13)14-6-4-9-23(12-14)26(24,25)22(2)3/h5,7-8,10-11,14H,4,6,9,12H2,1-3H3,(H,18,19,20,21)/t14-/m1/s1. The highest BCUT2D eigenvalue weighted by atomic mass is 32.2. The summed E-state index contributed by atoms with van der Waals surface area (Å²) in [6.07, 6.45) is 5.08. The van der Waals surface area contributed by atoms with Crippen LogP contribution < -0.4 is 5.32 Å². The number of aromatic nitrogens is 3. The van der Waals surface area contributed by atoms with Crippen molar-refractivity contribution in [1.29, 1.82) is 0 Å². The van der Waals surface area contributed by atoms with Crippen LogP contribution in [0.25, 0.3) is 0 Å². The Balaban J connectivity index is 1.82. The van der Waals surface area contributed by atoms with Gasteiger partial charge in [0.1, 0.15) is 0 Å². The molecule has 1 N–H and O–H groups in total. The van der Waals surface area contributed by atoms with E-state index in [2.05, 4.69) is 20.3 Å². The van der Waals surface area contributed by atoms with E-state index in [0.29, 0.717) is 19.0 Å². The van der Waals surface area contributed by atoms with Gasteiger partial charge in [0.2, 0.25) is 5.95 Å². The zero-order valence-corrected chi connectivity index (χ0v) is 16.1. The smallest absolute Gasteiger partial charge is 0.281 e. The van der Waals surface area contributed by atoms with Gasteiger partial charge < -0.3 is 5.32 Å². The predicted molar refractivity (Wildman–Crippen MR) is 100 cm³/mol. The maximum atomic E-state index is 12.4. The quantitative estimate of drug-likeness (QED) is 0.857. The van der Waals surface area contributed by atoms with E-state index in [1.54, 1.807) is 36.9 Å². The van der Waals surface area contributed by atoms with Crippen molar-refractivity contribution in [3.63, 3.8) is 0 Å². The van der Waals surface area contributed by atoms with Gasteiger partial charge in [-0.2, -0.15) is 17.0 Å². The summed E-state index contributed by atoms with van der Waals surface area (Å²) in [6.45, 7) is 2.92. The Morgan fingerprint density at radius 3 is 2.65 bits per heavy atom. The third-order valence-corrected chi connectivity index (χ3v) is 6.29. The van der Waals surface area contributed by atoms with Crippen LogP contribution in [0.1, 0.15) is 30.1 Å². The fourth-order valence-corrected chi connectivity index (χ4v) is 4.28. The van der Waals surface area contributed by atoms with Crippen LogP contribution in [0.2, 0.25) is 0 Å². The van der Waals surface area contributed by atoms with Crippen molar-refractivity contribution in [1.82, 2.24) is 23.6 Å². The van der Waals surface area contributed by atoms with E-state index in [1.165, 1.54) is 4.31 Å². The summed E-state index contributed by atoms with van der Waals surface area (Å²) >= 11 is 0. The van der Waals surface area contributed by atoms with Gasteiger partial charge in [-0.15, -0.1) is 0 Å². The van der Waals surface area contributed by atoms with E-state index in [9.17, 15) is 8.42 Å². The summed E-state index contributed by atoms with van der Waals surface area (Å²) in [5.74, 6) is 0.583. The van der Waals surface area contributed by atoms with Gasteiger partial charge in [0, 0.05) is 62.6 Å². The molecular weight excluding hydrogens is 352 g/mol. The first-order valence-electron chi connectivity index (χ1n) is 8.56. The molecule has 1 fully saturated rings. The molecule has 2 aromatic rings. The molecule has 0 amide bonds. The van der Waals surface area contributed by atoms with Crippen molar-refractivity contribution in [2.24, 2.45) is 0 Å². The van der Waals surface area contributed by atoms with Crippen LogP contribution in [0.4, 0.5) is 11.6 Å². The summed E-state index contributed by atoms with van der Waals surface area (Å²) in [6, 6.07) is 5.65. The Morgan fingerprint density at radius 1 is 1.23 bits per heavy atom. The first kappa shape index (κ1) is 18.7. The van der Waals surface area contributed by atoms with Crippen LogP contribution in [0.3, 0.4) is 0 Å². The van der Waals surface area contributed by atoms with Crippen LogP contribution in [-0.4, -0.2) is 59.2 Å². The molecule has 0 saturated carbocycles. The molecule has 0 aliphatic carbocycles. The number of pyridine rings is 1. The fraction of sp³-hybridized carbons (Fsp3) is 0.471. The summed E-state index contributed by atoms with van der Waals surface area (Å²) in [5.41, 5.74) is 2.61. The van der Waals surface area contributed by atoms with Gasteiger partial charge in [-0.25, -0.2) is 9.97 Å². The van der Waals surface area contributed by atoms with Crippen molar-refractivity contribution in [3.8, 4) is 0 Å². The molecule has 3 rings (SSSR count). The van der Waals surface area contributed by atoms with Crippen molar-refractivity contribution >= 4 is 21.8 Å². The van der Waals surface area contributed by atoms with E-state index < -0.39 is 10.2 Å². The lowest BCUT2D eigenvalue weighted by Crippen LogP contribution is -2.45. The molecule has 0 bridgehead atoms. The van der Waals surface area contributed by atoms with Crippen molar-refractivity contribution in [2.75, 3.05) is 32.5 Å². The van der Waals surface area contributed by atoms with Gasteiger partial charge in [-0.1, -0.05) is 0 Å². The average molecular weight is 376 g/mol. The van der Waals surface area contributed by atoms with Gasteiger partial charge in [-0.3, -0.25) is 4.98 Å². The second kappa shape index (κ2) is 7.65. The number of hydrogen-bond donors (Lipinski definition) is 1. The molecule has 8 nitrogen and oxygen atoms in total. The van der Waals surface area contributed by atoms with Crippen LogP contribution in [0.5, 0.6) is 0 Å². The fourth-order valence-electron chi connectivity index (χ4n) is 3.09. The largest absolute Gasteiger partial charge is 0.324 e. The minimum atomic E-state index is -3.41. The van der Waals surface area contributed by atoms with Crippen LogP contribution in [0.15, 0.2) is 30.6 Å². The maximum Gasteiger partial charge on any atom is 0.281 e. The third-order valence-electron chi connectivity index (χ3n) is 4.39. The van der Waals surface area contributed by atoms with E-state index in [4.69, 9.17) is 0 Å². The number of hydrogen-bond acceptors (Lipinski definition) is 6. The molecular formula is C17H24N6O2S. The lowest BCUT2D eigenvalue weighted by Gasteiger charge is -2.33. The number of nitrogens with one attached hydrogen (secondary N) is 1. The summed E-state index contributed by atoms with van der Waals surface area (Å²) in [4.78, 5) is 13.0. The number of aryl methyl sites for hydroxylation is 1. The zero-order chi connectivity index (χ0) is 18.7. The Morgan fingerprint density at radius 2 is 1.96 bits per heavy atom. The molecule has 1 atom stereocenters. The van der Waals surface area contributed by atoms with Gasteiger partial charge in [-0.05, 0) is 38.0 Å². The van der Waals surface area contributed by atoms with Crippen molar-refractivity contribution < 1.29 is 8.42 Å². The Kier molecular flexibility index (Phi) is 5.49. The Labute approximate surface area is 154 Å². The van der Waals surface area contributed by atoms with Gasteiger partial charge >= 0.3 is 0 Å². The number of rotatable bonds is 5. The second-order valence-electron chi connectivity index (χ2n) is 6.61. The molecule has 0 unspecified atom stereocenters. The zero-order valence-electron chi connectivity index (χ0n) is 15.3. The van der Waals surface area contributed by atoms with Crippen LogP contribution in [-0.2, 0) is 10.2 Å². The molecule has 9 heteroatoms.